The summed E-state index contributed by atoms with van der Waals surface area (Å²) < 4.78 is 0. The van der Waals surface area contributed by atoms with Gasteiger partial charge in [0.2, 0.25) is 0 Å². The molecule has 1 atom stereocenters. The van der Waals surface area contributed by atoms with Crippen LogP contribution in [0.5, 0.6) is 0 Å². The van der Waals surface area contributed by atoms with Crippen molar-refractivity contribution in [2.45, 2.75) is 76.7 Å². The normalized spacial score (nSPS) is 34.8. The maximum atomic E-state index is 4.02. The lowest BCUT2D eigenvalue weighted by Gasteiger charge is -2.53. The fourth-order valence-electron chi connectivity index (χ4n) is 4.92. The molecule has 0 amide bonds. The van der Waals surface area contributed by atoms with Crippen LogP contribution in [-0.2, 0) is 0 Å². The molecule has 4 saturated carbocycles. The second-order valence-corrected chi connectivity index (χ2v) is 7.76. The van der Waals surface area contributed by atoms with Crippen LogP contribution in [0.1, 0.15) is 70.6 Å². The molecule has 0 radical (unpaired) electrons. The van der Waals surface area contributed by atoms with Gasteiger partial charge in [-0.05, 0) is 81.1 Å². The van der Waals surface area contributed by atoms with E-state index in [0.29, 0.717) is 0 Å². The quantitative estimate of drug-likeness (QED) is 0.770. The third-order valence-electron chi connectivity index (χ3n) is 6.57. The first-order valence-electron chi connectivity index (χ1n) is 8.61. The Morgan fingerprint density at radius 2 is 1.50 bits per heavy atom. The first-order chi connectivity index (χ1) is 8.87. The van der Waals surface area contributed by atoms with E-state index in [4.69, 9.17) is 0 Å². The summed E-state index contributed by atoms with van der Waals surface area (Å²) in [6.07, 6.45) is 16.7. The number of nitrogens with one attached hydrogen (secondary N) is 1. The van der Waals surface area contributed by atoms with Crippen molar-refractivity contribution in [3.63, 3.8) is 0 Å². The van der Waals surface area contributed by atoms with Gasteiger partial charge in [-0.15, -0.1) is 0 Å². The van der Waals surface area contributed by atoms with E-state index < -0.39 is 0 Å². The van der Waals surface area contributed by atoms with Gasteiger partial charge in [0.15, 0.2) is 0 Å². The standard InChI is InChI=1S/C17H29N/c1-2-9-17(10-3-1)11-8-16(17)18-12-15(13-4-5-13)14-6-7-14/h13-16,18H,1-12H2. The van der Waals surface area contributed by atoms with Gasteiger partial charge in [0.1, 0.15) is 0 Å². The zero-order chi connectivity index (χ0) is 12.0. The van der Waals surface area contributed by atoms with E-state index in [0.717, 1.165) is 29.2 Å². The Bertz CT molecular complexity index is 285. The number of hydrogen-bond acceptors (Lipinski definition) is 1. The maximum Gasteiger partial charge on any atom is 0.0124 e. The Hall–Kier alpha value is -0.0400. The van der Waals surface area contributed by atoms with Gasteiger partial charge in [-0.2, -0.15) is 0 Å². The third-order valence-corrected chi connectivity index (χ3v) is 6.57. The van der Waals surface area contributed by atoms with Gasteiger partial charge >= 0.3 is 0 Å². The molecule has 1 N–H and O–H groups in total. The summed E-state index contributed by atoms with van der Waals surface area (Å²) in [5.41, 5.74) is 0.760. The van der Waals surface area contributed by atoms with Crippen molar-refractivity contribution >= 4 is 0 Å². The molecule has 0 heterocycles. The molecule has 0 saturated heterocycles. The van der Waals surface area contributed by atoms with Crippen molar-refractivity contribution < 1.29 is 0 Å². The monoisotopic (exact) mass is 247 g/mol. The smallest absolute Gasteiger partial charge is 0.0124 e. The molecule has 0 bridgehead atoms. The van der Waals surface area contributed by atoms with Crippen molar-refractivity contribution in [2.75, 3.05) is 6.54 Å². The summed E-state index contributed by atoms with van der Waals surface area (Å²) >= 11 is 0. The van der Waals surface area contributed by atoms with E-state index in [9.17, 15) is 0 Å². The molecular formula is C17H29N. The lowest BCUT2D eigenvalue weighted by atomic mass is 9.57. The highest BCUT2D eigenvalue weighted by atomic mass is 15.0. The van der Waals surface area contributed by atoms with Crippen molar-refractivity contribution in [3.05, 3.63) is 0 Å². The van der Waals surface area contributed by atoms with E-state index in [2.05, 4.69) is 5.32 Å². The molecule has 4 fully saturated rings. The molecule has 1 unspecified atom stereocenters. The molecule has 0 aliphatic heterocycles. The van der Waals surface area contributed by atoms with Crippen LogP contribution >= 0.6 is 0 Å². The molecule has 0 aromatic rings. The molecule has 0 aromatic carbocycles. The lowest BCUT2D eigenvalue weighted by molar-refractivity contribution is 0.0199. The molecule has 0 aromatic heterocycles. The molecule has 4 rings (SSSR count). The average Bonchev–Trinajstić information content (AvgIpc) is 3.27. The van der Waals surface area contributed by atoms with Crippen LogP contribution in [0, 0.1) is 23.2 Å². The highest BCUT2D eigenvalue weighted by molar-refractivity contribution is 5.02. The minimum absolute atomic E-state index is 0.760. The predicted octanol–water partition coefficient (Wildman–Crippen LogP) is 4.13. The first kappa shape index (κ1) is 11.8. The molecule has 102 valence electrons. The lowest BCUT2D eigenvalue weighted by Crippen LogP contribution is -2.55. The van der Waals surface area contributed by atoms with Crippen LogP contribution in [0.4, 0.5) is 0 Å². The van der Waals surface area contributed by atoms with E-state index in [1.165, 1.54) is 51.5 Å². The van der Waals surface area contributed by atoms with Gasteiger partial charge < -0.3 is 5.32 Å². The second-order valence-electron chi connectivity index (χ2n) is 7.76. The molecule has 4 aliphatic rings. The van der Waals surface area contributed by atoms with Gasteiger partial charge in [-0.25, -0.2) is 0 Å². The van der Waals surface area contributed by atoms with E-state index in [1.807, 2.05) is 0 Å². The topological polar surface area (TPSA) is 12.0 Å². The van der Waals surface area contributed by atoms with Crippen LogP contribution in [0.15, 0.2) is 0 Å². The summed E-state index contributed by atoms with van der Waals surface area (Å²) in [5, 5.41) is 4.02. The van der Waals surface area contributed by atoms with Crippen LogP contribution in [0.3, 0.4) is 0 Å². The van der Waals surface area contributed by atoms with Gasteiger partial charge in [0.25, 0.3) is 0 Å². The molecular weight excluding hydrogens is 218 g/mol. The van der Waals surface area contributed by atoms with Gasteiger partial charge in [-0.3, -0.25) is 0 Å². The Balaban J connectivity index is 1.31. The summed E-state index contributed by atoms with van der Waals surface area (Å²) in [4.78, 5) is 0. The van der Waals surface area contributed by atoms with Crippen molar-refractivity contribution in [1.82, 2.24) is 5.32 Å². The highest BCUT2D eigenvalue weighted by Gasteiger charge is 2.48. The van der Waals surface area contributed by atoms with Gasteiger partial charge in [0.05, 0.1) is 0 Å². The van der Waals surface area contributed by atoms with E-state index in [-0.39, 0.29) is 0 Å². The highest BCUT2D eigenvalue weighted by Crippen LogP contribution is 2.53. The minimum atomic E-state index is 0.760. The Kier molecular flexibility index (Phi) is 2.94. The van der Waals surface area contributed by atoms with Crippen molar-refractivity contribution in [2.24, 2.45) is 23.2 Å². The Morgan fingerprint density at radius 1 is 0.833 bits per heavy atom. The summed E-state index contributed by atoms with van der Waals surface area (Å²) in [5.74, 6) is 3.30. The van der Waals surface area contributed by atoms with Crippen LogP contribution < -0.4 is 5.32 Å². The summed E-state index contributed by atoms with van der Waals surface area (Å²) in [6.45, 7) is 1.36. The molecule has 1 spiro atoms. The SMILES string of the molecule is C1CCC2(CC1)CCC2NCC(C1CC1)C1CC1. The average molecular weight is 247 g/mol. The molecule has 4 aliphatic carbocycles. The summed E-state index contributed by atoms with van der Waals surface area (Å²) in [6, 6.07) is 0.901. The van der Waals surface area contributed by atoms with Crippen molar-refractivity contribution in [3.8, 4) is 0 Å². The fraction of sp³-hybridized carbons (Fsp3) is 1.00. The maximum absolute atomic E-state index is 4.02. The molecule has 18 heavy (non-hydrogen) atoms. The Morgan fingerprint density at radius 3 is 2.00 bits per heavy atom. The van der Waals surface area contributed by atoms with Crippen LogP contribution in [0.25, 0.3) is 0 Å². The van der Waals surface area contributed by atoms with Gasteiger partial charge in [0, 0.05) is 6.04 Å². The Labute approximate surface area is 112 Å². The van der Waals surface area contributed by atoms with Crippen molar-refractivity contribution in [1.29, 1.82) is 0 Å². The summed E-state index contributed by atoms with van der Waals surface area (Å²) in [7, 11) is 0. The molecule has 1 heteroatoms. The second kappa shape index (κ2) is 4.51. The van der Waals surface area contributed by atoms with E-state index in [1.54, 1.807) is 25.7 Å². The zero-order valence-electron chi connectivity index (χ0n) is 11.8. The molecule has 1 nitrogen and oxygen atoms in total. The minimum Gasteiger partial charge on any atom is -0.313 e. The zero-order valence-corrected chi connectivity index (χ0v) is 11.8. The van der Waals surface area contributed by atoms with Crippen LogP contribution in [-0.4, -0.2) is 12.6 Å². The first-order valence-corrected chi connectivity index (χ1v) is 8.61. The van der Waals surface area contributed by atoms with E-state index >= 15 is 0 Å². The largest absolute Gasteiger partial charge is 0.313 e. The fourth-order valence-corrected chi connectivity index (χ4v) is 4.92. The van der Waals surface area contributed by atoms with Crippen LogP contribution in [0.2, 0.25) is 0 Å². The van der Waals surface area contributed by atoms with Gasteiger partial charge in [-0.1, -0.05) is 19.3 Å². The number of hydrogen-bond donors (Lipinski definition) is 1. The third kappa shape index (κ3) is 2.13. The predicted molar refractivity (Wildman–Crippen MR) is 75.5 cm³/mol. The number of rotatable bonds is 5.